The van der Waals surface area contributed by atoms with Gasteiger partial charge >= 0.3 is 5.97 Å². The van der Waals surface area contributed by atoms with Crippen LogP contribution in [0.4, 0.5) is 0 Å². The molecule has 0 aromatic rings. The van der Waals surface area contributed by atoms with Crippen molar-refractivity contribution >= 4 is 11.9 Å². The van der Waals surface area contributed by atoms with E-state index in [1.165, 1.54) is 6.92 Å². The molecule has 0 aliphatic heterocycles. The molecule has 0 heterocycles. The highest BCUT2D eigenvalue weighted by Crippen LogP contribution is 2.46. The van der Waals surface area contributed by atoms with Crippen molar-refractivity contribution in [2.75, 3.05) is 0 Å². The van der Waals surface area contributed by atoms with Crippen molar-refractivity contribution in [3.05, 3.63) is 0 Å². The minimum Gasteiger partial charge on any atom is -0.480 e. The van der Waals surface area contributed by atoms with Gasteiger partial charge in [0, 0.05) is 6.92 Å². The van der Waals surface area contributed by atoms with Gasteiger partial charge in [0.25, 0.3) is 0 Å². The number of rotatable bonds is 4. The first-order chi connectivity index (χ1) is 6.80. The van der Waals surface area contributed by atoms with E-state index in [1.54, 1.807) is 0 Å². The third-order valence-electron chi connectivity index (χ3n) is 2.93. The van der Waals surface area contributed by atoms with Gasteiger partial charge in [0.2, 0.25) is 5.91 Å². The van der Waals surface area contributed by atoms with E-state index < -0.39 is 12.0 Å². The average Bonchev–Trinajstić information content (AvgIpc) is 1.98. The number of amides is 1. The SMILES string of the molecule is CC(=O)NC(CC1CC(C)(C)C1)C(=O)O. The molecule has 15 heavy (non-hydrogen) atoms. The number of hydrogen-bond donors (Lipinski definition) is 2. The molecule has 1 aliphatic rings. The highest BCUT2D eigenvalue weighted by Gasteiger charge is 2.38. The molecule has 0 aromatic heterocycles. The van der Waals surface area contributed by atoms with E-state index in [2.05, 4.69) is 19.2 Å². The third kappa shape index (κ3) is 3.53. The van der Waals surface area contributed by atoms with E-state index in [1.807, 2.05) is 0 Å². The Balaban J connectivity index is 2.40. The van der Waals surface area contributed by atoms with Crippen LogP contribution in [0.2, 0.25) is 0 Å². The molecule has 4 heteroatoms. The van der Waals surface area contributed by atoms with E-state index in [4.69, 9.17) is 5.11 Å². The number of carbonyl (C=O) groups is 2. The molecule has 0 aromatic carbocycles. The van der Waals surface area contributed by atoms with Gasteiger partial charge in [0.1, 0.15) is 6.04 Å². The standard InChI is InChI=1S/C11H19NO3/c1-7(13)12-9(10(14)15)4-8-5-11(2,3)6-8/h8-9H,4-6H2,1-3H3,(H,12,13)(H,14,15). The number of nitrogens with one attached hydrogen (secondary N) is 1. The fraction of sp³-hybridized carbons (Fsp3) is 0.818. The summed E-state index contributed by atoms with van der Waals surface area (Å²) in [5, 5.41) is 11.4. The Labute approximate surface area is 90.0 Å². The number of carbonyl (C=O) groups excluding carboxylic acids is 1. The van der Waals surface area contributed by atoms with Gasteiger partial charge in [0.15, 0.2) is 0 Å². The summed E-state index contributed by atoms with van der Waals surface area (Å²) in [5.74, 6) is -0.774. The van der Waals surface area contributed by atoms with Crippen molar-refractivity contribution in [1.29, 1.82) is 0 Å². The maximum atomic E-state index is 10.9. The molecular formula is C11H19NO3. The first-order valence-electron chi connectivity index (χ1n) is 5.30. The van der Waals surface area contributed by atoms with Crippen molar-refractivity contribution in [1.82, 2.24) is 5.32 Å². The molecule has 1 unspecified atom stereocenters. The second-order valence-electron chi connectivity index (χ2n) is 5.27. The molecule has 1 fully saturated rings. The summed E-state index contributed by atoms with van der Waals surface area (Å²) in [5.41, 5.74) is 0.351. The molecule has 0 spiro atoms. The summed E-state index contributed by atoms with van der Waals surface area (Å²) >= 11 is 0. The molecule has 1 amide bonds. The van der Waals surface area contributed by atoms with E-state index in [0.717, 1.165) is 12.8 Å². The molecule has 4 nitrogen and oxygen atoms in total. The van der Waals surface area contributed by atoms with E-state index in [-0.39, 0.29) is 5.91 Å². The number of carboxylic acids is 1. The van der Waals surface area contributed by atoms with Crippen LogP contribution in [0.3, 0.4) is 0 Å². The first-order valence-corrected chi connectivity index (χ1v) is 5.30. The first kappa shape index (κ1) is 12.0. The van der Waals surface area contributed by atoms with Gasteiger partial charge < -0.3 is 10.4 Å². The Bertz CT molecular complexity index is 265. The molecule has 1 rings (SSSR count). The fourth-order valence-electron chi connectivity index (χ4n) is 2.47. The molecule has 0 saturated heterocycles. The van der Waals surface area contributed by atoms with Gasteiger partial charge in [-0.15, -0.1) is 0 Å². The number of hydrogen-bond acceptors (Lipinski definition) is 2. The topological polar surface area (TPSA) is 66.4 Å². The molecule has 1 saturated carbocycles. The molecule has 1 atom stereocenters. The summed E-state index contributed by atoms with van der Waals surface area (Å²) < 4.78 is 0. The molecule has 2 N–H and O–H groups in total. The van der Waals surface area contributed by atoms with E-state index >= 15 is 0 Å². The van der Waals surface area contributed by atoms with Crippen LogP contribution in [0, 0.1) is 11.3 Å². The second-order valence-corrected chi connectivity index (χ2v) is 5.27. The largest absolute Gasteiger partial charge is 0.480 e. The normalized spacial score (nSPS) is 21.5. The molecule has 1 aliphatic carbocycles. The minimum atomic E-state index is -0.935. The van der Waals surface area contributed by atoms with Gasteiger partial charge in [-0.05, 0) is 30.6 Å². The van der Waals surface area contributed by atoms with Gasteiger partial charge in [-0.25, -0.2) is 4.79 Å². The Kier molecular flexibility index (Phi) is 3.37. The van der Waals surface area contributed by atoms with Crippen LogP contribution in [0.25, 0.3) is 0 Å². The summed E-state index contributed by atoms with van der Waals surface area (Å²) in [6.07, 6.45) is 2.66. The van der Waals surface area contributed by atoms with E-state index in [9.17, 15) is 9.59 Å². The van der Waals surface area contributed by atoms with Crippen molar-refractivity contribution < 1.29 is 14.7 Å². The summed E-state index contributed by atoms with van der Waals surface area (Å²) in [7, 11) is 0. The summed E-state index contributed by atoms with van der Waals surface area (Å²) in [6, 6.07) is -0.719. The van der Waals surface area contributed by atoms with Crippen LogP contribution < -0.4 is 5.32 Å². The molecule has 86 valence electrons. The van der Waals surface area contributed by atoms with Crippen molar-refractivity contribution in [2.24, 2.45) is 11.3 Å². The van der Waals surface area contributed by atoms with Crippen molar-refractivity contribution in [3.8, 4) is 0 Å². The Morgan fingerprint density at radius 1 is 1.47 bits per heavy atom. The highest BCUT2D eigenvalue weighted by atomic mass is 16.4. The zero-order valence-corrected chi connectivity index (χ0v) is 9.54. The van der Waals surface area contributed by atoms with Crippen LogP contribution in [-0.4, -0.2) is 23.0 Å². The lowest BCUT2D eigenvalue weighted by Gasteiger charge is -2.43. The lowest BCUT2D eigenvalue weighted by molar-refractivity contribution is -0.142. The van der Waals surface area contributed by atoms with Crippen molar-refractivity contribution in [2.45, 2.75) is 46.1 Å². The summed E-state index contributed by atoms with van der Waals surface area (Å²) in [4.78, 5) is 21.7. The number of carboxylic acid groups (broad SMARTS) is 1. The Morgan fingerprint density at radius 3 is 2.33 bits per heavy atom. The molecule has 0 radical (unpaired) electrons. The zero-order valence-electron chi connectivity index (χ0n) is 9.54. The second kappa shape index (κ2) is 4.21. The van der Waals surface area contributed by atoms with Crippen LogP contribution in [-0.2, 0) is 9.59 Å². The van der Waals surface area contributed by atoms with Gasteiger partial charge in [0.05, 0.1) is 0 Å². The quantitative estimate of drug-likeness (QED) is 0.741. The summed E-state index contributed by atoms with van der Waals surface area (Å²) in [6.45, 7) is 5.70. The maximum Gasteiger partial charge on any atom is 0.326 e. The highest BCUT2D eigenvalue weighted by molar-refractivity contribution is 5.82. The Morgan fingerprint density at radius 2 is 2.00 bits per heavy atom. The van der Waals surface area contributed by atoms with Gasteiger partial charge in [-0.2, -0.15) is 0 Å². The molecular weight excluding hydrogens is 194 g/mol. The van der Waals surface area contributed by atoms with Crippen LogP contribution >= 0.6 is 0 Å². The molecule has 0 bridgehead atoms. The lowest BCUT2D eigenvalue weighted by Crippen LogP contribution is -2.44. The monoisotopic (exact) mass is 213 g/mol. The van der Waals surface area contributed by atoms with Gasteiger partial charge in [-0.1, -0.05) is 13.8 Å². The zero-order chi connectivity index (χ0) is 11.6. The van der Waals surface area contributed by atoms with Crippen molar-refractivity contribution in [3.63, 3.8) is 0 Å². The van der Waals surface area contributed by atoms with Crippen LogP contribution in [0.1, 0.15) is 40.0 Å². The van der Waals surface area contributed by atoms with E-state index in [0.29, 0.717) is 17.8 Å². The predicted molar refractivity (Wildman–Crippen MR) is 56.4 cm³/mol. The van der Waals surface area contributed by atoms with Crippen LogP contribution in [0.15, 0.2) is 0 Å². The predicted octanol–water partition coefficient (Wildman–Crippen LogP) is 1.40. The smallest absolute Gasteiger partial charge is 0.326 e. The lowest BCUT2D eigenvalue weighted by atomic mass is 9.63. The van der Waals surface area contributed by atoms with Gasteiger partial charge in [-0.3, -0.25) is 4.79 Å². The minimum absolute atomic E-state index is 0.277. The fourth-order valence-corrected chi connectivity index (χ4v) is 2.47. The average molecular weight is 213 g/mol. The number of aliphatic carboxylic acids is 1. The van der Waals surface area contributed by atoms with Crippen LogP contribution in [0.5, 0.6) is 0 Å². The third-order valence-corrected chi connectivity index (χ3v) is 2.93. The maximum absolute atomic E-state index is 10.9. The Hall–Kier alpha value is -1.06.